The van der Waals surface area contributed by atoms with Crippen LogP contribution < -0.4 is 5.32 Å². The lowest BCUT2D eigenvalue weighted by molar-refractivity contribution is -0.385. The van der Waals surface area contributed by atoms with Crippen LogP contribution in [-0.4, -0.2) is 37.7 Å². The van der Waals surface area contributed by atoms with Crippen molar-refractivity contribution in [3.63, 3.8) is 0 Å². The maximum Gasteiger partial charge on any atom is 0.326 e. The Hall–Kier alpha value is -3.23. The number of hydrogen-bond acceptors (Lipinski definition) is 5. The van der Waals surface area contributed by atoms with Crippen molar-refractivity contribution in [3.05, 3.63) is 57.4 Å². The van der Waals surface area contributed by atoms with Crippen LogP contribution in [0.2, 0.25) is 0 Å². The molecule has 0 fully saturated rings. The molecule has 0 aliphatic heterocycles. The van der Waals surface area contributed by atoms with E-state index in [2.05, 4.69) is 10.4 Å². The molecule has 0 saturated carbocycles. The number of nitrogens with zero attached hydrogens (tertiary/aromatic N) is 3. The van der Waals surface area contributed by atoms with Crippen molar-refractivity contribution >= 4 is 17.6 Å². The first-order valence-electron chi connectivity index (χ1n) is 7.06. The molecule has 2 N–H and O–H groups in total. The highest BCUT2D eigenvalue weighted by molar-refractivity contribution is 5.98. The van der Waals surface area contributed by atoms with Crippen molar-refractivity contribution in [2.75, 3.05) is 0 Å². The lowest BCUT2D eigenvalue weighted by Crippen LogP contribution is -2.43. The van der Waals surface area contributed by atoms with Gasteiger partial charge in [0.25, 0.3) is 5.91 Å². The minimum absolute atomic E-state index is 0.0620. The molecule has 9 heteroatoms. The molecule has 9 nitrogen and oxygen atoms in total. The molecule has 1 atom stereocenters. The van der Waals surface area contributed by atoms with E-state index in [4.69, 9.17) is 0 Å². The van der Waals surface area contributed by atoms with Crippen molar-refractivity contribution in [2.24, 2.45) is 7.05 Å². The molecular weight excluding hydrogens is 316 g/mol. The Labute approximate surface area is 137 Å². The molecule has 1 heterocycles. The summed E-state index contributed by atoms with van der Waals surface area (Å²) in [7, 11) is 1.39. The van der Waals surface area contributed by atoms with Crippen LogP contribution in [0.25, 0.3) is 0 Å². The fourth-order valence-corrected chi connectivity index (χ4v) is 2.40. The van der Waals surface area contributed by atoms with Crippen molar-refractivity contribution in [2.45, 2.75) is 19.4 Å². The number of hydrogen-bond donors (Lipinski definition) is 2. The second-order valence-corrected chi connectivity index (χ2v) is 5.22. The number of amides is 1. The summed E-state index contributed by atoms with van der Waals surface area (Å²) in [6, 6.07) is 7.56. The van der Waals surface area contributed by atoms with Gasteiger partial charge in [0.1, 0.15) is 11.7 Å². The second-order valence-electron chi connectivity index (χ2n) is 5.22. The summed E-state index contributed by atoms with van der Waals surface area (Å²) in [5, 5.41) is 26.6. The molecule has 0 spiro atoms. The highest BCUT2D eigenvalue weighted by Crippen LogP contribution is 2.22. The number of benzene rings is 1. The number of rotatable bonds is 6. The fraction of sp³-hybridized carbons (Fsp3) is 0.267. The summed E-state index contributed by atoms with van der Waals surface area (Å²) in [6.45, 7) is 1.41. The summed E-state index contributed by atoms with van der Waals surface area (Å²) < 4.78 is 1.07. The molecule has 0 bridgehead atoms. The molecule has 0 aliphatic rings. The van der Waals surface area contributed by atoms with Gasteiger partial charge in [-0.25, -0.2) is 4.79 Å². The van der Waals surface area contributed by atoms with Crippen molar-refractivity contribution < 1.29 is 19.6 Å². The average Bonchev–Trinajstić information content (AvgIpc) is 2.82. The molecule has 0 radical (unpaired) electrons. The maximum absolute atomic E-state index is 12.4. The summed E-state index contributed by atoms with van der Waals surface area (Å²) >= 11 is 0. The number of carboxylic acids is 1. The van der Waals surface area contributed by atoms with E-state index < -0.39 is 28.5 Å². The van der Waals surface area contributed by atoms with Gasteiger partial charge in [-0.3, -0.25) is 19.6 Å². The number of aromatic nitrogens is 2. The molecule has 24 heavy (non-hydrogen) atoms. The number of aliphatic carboxylic acids is 1. The smallest absolute Gasteiger partial charge is 0.326 e. The first-order valence-corrected chi connectivity index (χ1v) is 7.06. The molecule has 126 valence electrons. The largest absolute Gasteiger partial charge is 0.480 e. The zero-order valence-electron chi connectivity index (χ0n) is 13.1. The summed E-state index contributed by atoms with van der Waals surface area (Å²) in [5.41, 5.74) is 0.0964. The van der Waals surface area contributed by atoms with Gasteiger partial charge in [-0.1, -0.05) is 30.3 Å². The predicted octanol–water partition coefficient (Wildman–Crippen LogP) is 1.06. The van der Waals surface area contributed by atoms with E-state index in [-0.39, 0.29) is 17.8 Å². The Morgan fingerprint density at radius 3 is 2.54 bits per heavy atom. The number of nitro groups is 1. The lowest BCUT2D eigenvalue weighted by Gasteiger charge is -2.14. The van der Waals surface area contributed by atoms with E-state index in [1.165, 1.54) is 14.0 Å². The zero-order chi connectivity index (χ0) is 17.9. The Morgan fingerprint density at radius 2 is 2.00 bits per heavy atom. The van der Waals surface area contributed by atoms with Gasteiger partial charge in [-0.15, -0.1) is 0 Å². The maximum atomic E-state index is 12.4. The van der Waals surface area contributed by atoms with E-state index in [0.29, 0.717) is 0 Å². The van der Waals surface area contributed by atoms with Crippen molar-refractivity contribution in [1.29, 1.82) is 0 Å². The Kier molecular flexibility index (Phi) is 4.93. The van der Waals surface area contributed by atoms with E-state index in [1.807, 2.05) is 0 Å². The average molecular weight is 332 g/mol. The minimum Gasteiger partial charge on any atom is -0.480 e. The van der Waals surface area contributed by atoms with Crippen LogP contribution in [0.15, 0.2) is 30.3 Å². The summed E-state index contributed by atoms with van der Waals surface area (Å²) in [5.74, 6) is -2.08. The van der Waals surface area contributed by atoms with Gasteiger partial charge >= 0.3 is 11.7 Å². The Balaban J connectivity index is 2.26. The Bertz CT molecular complexity index is 785. The van der Waals surface area contributed by atoms with Crippen molar-refractivity contribution in [1.82, 2.24) is 15.1 Å². The molecule has 1 aromatic heterocycles. The van der Waals surface area contributed by atoms with Crippen LogP contribution in [0.3, 0.4) is 0 Å². The first kappa shape index (κ1) is 17.1. The number of aryl methyl sites for hydroxylation is 2. The third-order valence-corrected chi connectivity index (χ3v) is 3.47. The lowest BCUT2D eigenvalue weighted by atomic mass is 10.1. The summed E-state index contributed by atoms with van der Waals surface area (Å²) in [6.07, 6.45) is 0.0620. The normalized spacial score (nSPS) is 11.8. The van der Waals surface area contributed by atoms with Gasteiger partial charge in [0.05, 0.1) is 4.92 Å². The summed E-state index contributed by atoms with van der Waals surface area (Å²) in [4.78, 5) is 34.2. The third kappa shape index (κ3) is 3.57. The topological polar surface area (TPSA) is 127 Å². The number of nitrogens with one attached hydrogen (secondary N) is 1. The molecule has 2 rings (SSSR count). The van der Waals surface area contributed by atoms with Gasteiger partial charge in [-0.05, 0) is 12.5 Å². The first-order chi connectivity index (χ1) is 11.3. The number of carbonyl (C=O) groups is 2. The van der Waals surface area contributed by atoms with Crippen LogP contribution in [0, 0.1) is 17.0 Å². The van der Waals surface area contributed by atoms with E-state index >= 15 is 0 Å². The van der Waals surface area contributed by atoms with E-state index in [9.17, 15) is 24.8 Å². The SMILES string of the molecule is Cc1nn(C)c(C(=O)N[C@@H](Cc2ccccc2)C(=O)O)c1[N+](=O)[O-]. The van der Waals surface area contributed by atoms with E-state index in [0.717, 1.165) is 10.2 Å². The number of carbonyl (C=O) groups excluding carboxylic acids is 1. The fourth-order valence-electron chi connectivity index (χ4n) is 2.40. The molecule has 0 unspecified atom stereocenters. The third-order valence-electron chi connectivity index (χ3n) is 3.47. The highest BCUT2D eigenvalue weighted by atomic mass is 16.6. The van der Waals surface area contributed by atoms with Crippen LogP contribution in [0.4, 0.5) is 5.69 Å². The molecule has 2 aromatic rings. The van der Waals surface area contributed by atoms with E-state index in [1.54, 1.807) is 30.3 Å². The quantitative estimate of drug-likeness (QED) is 0.601. The highest BCUT2D eigenvalue weighted by Gasteiger charge is 2.31. The van der Waals surface area contributed by atoms with Gasteiger partial charge in [0.15, 0.2) is 0 Å². The monoisotopic (exact) mass is 332 g/mol. The Morgan fingerprint density at radius 1 is 1.38 bits per heavy atom. The van der Waals surface area contributed by atoms with Crippen LogP contribution >= 0.6 is 0 Å². The van der Waals surface area contributed by atoms with Gasteiger partial charge in [-0.2, -0.15) is 5.10 Å². The number of carboxylic acid groups (broad SMARTS) is 1. The molecule has 1 amide bonds. The molecule has 0 saturated heterocycles. The van der Waals surface area contributed by atoms with Crippen molar-refractivity contribution in [3.8, 4) is 0 Å². The minimum atomic E-state index is -1.23. The molecule has 1 aromatic carbocycles. The van der Waals surface area contributed by atoms with Crippen LogP contribution in [-0.2, 0) is 18.3 Å². The predicted molar refractivity (Wildman–Crippen MR) is 83.6 cm³/mol. The van der Waals surface area contributed by atoms with Gasteiger partial charge in [0, 0.05) is 13.5 Å². The molecule has 0 aliphatic carbocycles. The van der Waals surface area contributed by atoms with Gasteiger partial charge in [0.2, 0.25) is 5.69 Å². The van der Waals surface area contributed by atoms with Crippen LogP contribution in [0.1, 0.15) is 21.7 Å². The van der Waals surface area contributed by atoms with Crippen LogP contribution in [0.5, 0.6) is 0 Å². The standard InChI is InChI=1S/C15H16N4O5/c1-9-12(19(23)24)13(18(2)17-9)14(20)16-11(15(21)22)8-10-6-4-3-5-7-10/h3-7,11H,8H2,1-2H3,(H,16,20)(H,21,22)/t11-/m0/s1. The van der Waals surface area contributed by atoms with Gasteiger partial charge < -0.3 is 10.4 Å². The molecular formula is C15H16N4O5. The second kappa shape index (κ2) is 6.90. The zero-order valence-corrected chi connectivity index (χ0v) is 13.1.